The number of hydrogen-bond donors (Lipinski definition) is 1. The molecule has 0 aliphatic carbocycles. The number of nitrogens with zero attached hydrogens (tertiary/aromatic N) is 2. The van der Waals surface area contributed by atoms with E-state index in [4.69, 9.17) is 27.9 Å². The van der Waals surface area contributed by atoms with Gasteiger partial charge < -0.3 is 4.74 Å². The van der Waals surface area contributed by atoms with Gasteiger partial charge in [0.05, 0.1) is 17.7 Å². The van der Waals surface area contributed by atoms with E-state index in [1.807, 2.05) is 30.3 Å². The van der Waals surface area contributed by atoms with Gasteiger partial charge >= 0.3 is 0 Å². The molecule has 7 nitrogen and oxygen atoms in total. The van der Waals surface area contributed by atoms with Gasteiger partial charge in [0.15, 0.2) is 0 Å². The smallest absolute Gasteiger partial charge is 0.255 e. The van der Waals surface area contributed by atoms with E-state index >= 15 is 0 Å². The second-order valence-electron chi connectivity index (χ2n) is 8.49. The third-order valence-corrected chi connectivity index (χ3v) is 7.88. The van der Waals surface area contributed by atoms with Crippen molar-refractivity contribution < 1.29 is 17.9 Å². The van der Waals surface area contributed by atoms with Gasteiger partial charge in [0.2, 0.25) is 10.0 Å². The topological polar surface area (TPSA) is 88.1 Å². The molecule has 0 unspecified atom stereocenters. The number of ether oxygens (including phenoxy) is 1. The van der Waals surface area contributed by atoms with Gasteiger partial charge in [-0.25, -0.2) is 13.8 Å². The van der Waals surface area contributed by atoms with Crippen LogP contribution in [0.2, 0.25) is 10.0 Å². The Kier molecular flexibility index (Phi) is 9.73. The van der Waals surface area contributed by atoms with Crippen LogP contribution >= 0.6 is 23.2 Å². The highest BCUT2D eigenvalue weighted by molar-refractivity contribution is 7.89. The third kappa shape index (κ3) is 8.40. The van der Waals surface area contributed by atoms with Gasteiger partial charge in [-0.3, -0.25) is 4.79 Å². The molecular weight excluding hydrogens is 557 g/mol. The van der Waals surface area contributed by atoms with Gasteiger partial charge in [-0.15, -0.1) is 0 Å². The maximum Gasteiger partial charge on any atom is 0.255 e. The number of hydrazone groups is 1. The minimum absolute atomic E-state index is 0.0201. The van der Waals surface area contributed by atoms with Crippen molar-refractivity contribution >= 4 is 45.3 Å². The molecule has 0 aliphatic heterocycles. The van der Waals surface area contributed by atoms with Crippen molar-refractivity contribution in [1.82, 2.24) is 9.73 Å². The molecule has 0 aromatic heterocycles. The average molecular weight is 583 g/mol. The lowest BCUT2D eigenvalue weighted by atomic mass is 10.2. The van der Waals surface area contributed by atoms with Crippen molar-refractivity contribution in [3.8, 4) is 5.75 Å². The first-order chi connectivity index (χ1) is 18.8. The largest absolute Gasteiger partial charge is 0.489 e. The summed E-state index contributed by atoms with van der Waals surface area (Å²) in [5.41, 5.74) is 4.87. The highest BCUT2D eigenvalue weighted by Crippen LogP contribution is 2.21. The SMILES string of the molecule is O=C(CN(Cc1ccc(Cl)cc1)S(=O)(=O)c1ccc(Cl)cc1)N/N=C\c1ccc(OCc2ccccc2)cc1. The summed E-state index contributed by atoms with van der Waals surface area (Å²) in [4.78, 5) is 12.7. The predicted molar refractivity (Wildman–Crippen MR) is 153 cm³/mol. The van der Waals surface area contributed by atoms with Crippen LogP contribution in [0.15, 0.2) is 113 Å². The van der Waals surface area contributed by atoms with Crippen molar-refractivity contribution in [2.45, 2.75) is 18.0 Å². The van der Waals surface area contributed by atoms with Crippen molar-refractivity contribution in [2.75, 3.05) is 6.54 Å². The molecule has 0 bridgehead atoms. The fourth-order valence-corrected chi connectivity index (χ4v) is 5.18. The van der Waals surface area contributed by atoms with E-state index in [9.17, 15) is 13.2 Å². The van der Waals surface area contributed by atoms with Crippen LogP contribution < -0.4 is 10.2 Å². The molecule has 0 spiro atoms. The van der Waals surface area contributed by atoms with Crippen molar-refractivity contribution in [2.24, 2.45) is 5.10 Å². The van der Waals surface area contributed by atoms with Gasteiger partial charge in [-0.2, -0.15) is 9.41 Å². The summed E-state index contributed by atoms with van der Waals surface area (Å²) in [6.45, 7) is -0.0311. The summed E-state index contributed by atoms with van der Waals surface area (Å²) in [6, 6.07) is 29.5. The molecule has 1 amide bonds. The second-order valence-corrected chi connectivity index (χ2v) is 11.3. The standard InChI is InChI=1S/C29H25Cl2N3O4S/c30-25-10-6-23(7-11-25)19-34(39(36,37)28-16-12-26(31)13-17-28)20-29(35)33-32-18-22-8-14-27(15-9-22)38-21-24-4-2-1-3-5-24/h1-18H,19-21H2,(H,33,35)/b32-18-. The Morgan fingerprint density at radius 2 is 1.44 bits per heavy atom. The molecule has 1 N–H and O–H groups in total. The zero-order chi connectivity index (χ0) is 27.7. The Labute approximate surface area is 237 Å². The Balaban J connectivity index is 1.39. The van der Waals surface area contributed by atoms with Gasteiger partial charge in [0.25, 0.3) is 5.91 Å². The molecule has 0 heterocycles. The summed E-state index contributed by atoms with van der Waals surface area (Å²) in [5.74, 6) is 0.103. The van der Waals surface area contributed by atoms with Crippen LogP contribution in [0.3, 0.4) is 0 Å². The molecule has 10 heteroatoms. The number of hydrogen-bond acceptors (Lipinski definition) is 5. The van der Waals surface area contributed by atoms with E-state index in [0.29, 0.717) is 28.0 Å². The van der Waals surface area contributed by atoms with E-state index in [-0.39, 0.29) is 11.4 Å². The lowest BCUT2D eigenvalue weighted by Crippen LogP contribution is -2.39. The van der Waals surface area contributed by atoms with E-state index in [0.717, 1.165) is 15.4 Å². The normalized spacial score (nSPS) is 11.6. The van der Waals surface area contributed by atoms with E-state index in [1.165, 1.54) is 30.5 Å². The highest BCUT2D eigenvalue weighted by Gasteiger charge is 2.27. The highest BCUT2D eigenvalue weighted by atomic mass is 35.5. The van der Waals surface area contributed by atoms with Crippen LogP contribution in [0.1, 0.15) is 16.7 Å². The molecule has 0 saturated carbocycles. The lowest BCUT2D eigenvalue weighted by molar-refractivity contribution is -0.121. The van der Waals surface area contributed by atoms with Crippen LogP contribution in [0.4, 0.5) is 0 Å². The van der Waals surface area contributed by atoms with Gasteiger partial charge in [0.1, 0.15) is 12.4 Å². The molecule has 0 fully saturated rings. The molecular formula is C29H25Cl2N3O4S. The summed E-state index contributed by atoms with van der Waals surface area (Å²) >= 11 is 11.9. The van der Waals surface area contributed by atoms with Crippen molar-refractivity contribution in [3.63, 3.8) is 0 Å². The summed E-state index contributed by atoms with van der Waals surface area (Å²) < 4.78 is 33.5. The maximum absolute atomic E-state index is 13.3. The molecule has 0 radical (unpaired) electrons. The Morgan fingerprint density at radius 3 is 2.08 bits per heavy atom. The maximum atomic E-state index is 13.3. The number of benzene rings is 4. The minimum Gasteiger partial charge on any atom is -0.489 e. The number of rotatable bonds is 11. The van der Waals surface area contributed by atoms with Gasteiger partial charge in [-0.1, -0.05) is 65.7 Å². The first-order valence-corrected chi connectivity index (χ1v) is 14.1. The summed E-state index contributed by atoms with van der Waals surface area (Å²) in [6.07, 6.45) is 1.47. The fraction of sp³-hybridized carbons (Fsp3) is 0.103. The number of carbonyl (C=O) groups is 1. The third-order valence-electron chi connectivity index (χ3n) is 5.57. The number of carbonyl (C=O) groups excluding carboxylic acids is 1. The molecule has 0 atom stereocenters. The molecule has 0 saturated heterocycles. The number of nitrogens with one attached hydrogen (secondary N) is 1. The average Bonchev–Trinajstić information content (AvgIpc) is 2.94. The van der Waals surface area contributed by atoms with Crippen LogP contribution in [-0.4, -0.2) is 31.4 Å². The molecule has 4 aromatic carbocycles. The summed E-state index contributed by atoms with van der Waals surface area (Å²) in [5, 5.41) is 4.91. The first kappa shape index (κ1) is 28.3. The number of halogens is 2. The van der Waals surface area contributed by atoms with E-state index in [2.05, 4.69) is 10.5 Å². The predicted octanol–water partition coefficient (Wildman–Crippen LogP) is 5.91. The molecule has 4 rings (SSSR count). The first-order valence-electron chi connectivity index (χ1n) is 11.9. The quantitative estimate of drug-likeness (QED) is 0.176. The number of sulfonamides is 1. The molecule has 200 valence electrons. The lowest BCUT2D eigenvalue weighted by Gasteiger charge is -2.21. The van der Waals surface area contributed by atoms with Gasteiger partial charge in [-0.05, 0) is 77.4 Å². The Morgan fingerprint density at radius 1 is 0.821 bits per heavy atom. The molecule has 0 aliphatic rings. The van der Waals surface area contributed by atoms with Crippen molar-refractivity contribution in [1.29, 1.82) is 0 Å². The molecule has 4 aromatic rings. The number of amides is 1. The minimum atomic E-state index is -4.01. The second kappa shape index (κ2) is 13.4. The zero-order valence-electron chi connectivity index (χ0n) is 20.7. The monoisotopic (exact) mass is 581 g/mol. The summed E-state index contributed by atoms with van der Waals surface area (Å²) in [7, 11) is -4.01. The Hall–Kier alpha value is -3.69. The van der Waals surface area contributed by atoms with Crippen LogP contribution in [0, 0.1) is 0 Å². The van der Waals surface area contributed by atoms with Crippen LogP contribution in [0.5, 0.6) is 5.75 Å². The Bertz CT molecular complexity index is 1510. The van der Waals surface area contributed by atoms with E-state index < -0.39 is 22.5 Å². The van der Waals surface area contributed by atoms with Crippen LogP contribution in [0.25, 0.3) is 0 Å². The molecule has 39 heavy (non-hydrogen) atoms. The van der Waals surface area contributed by atoms with Gasteiger partial charge in [0, 0.05) is 16.6 Å². The van der Waals surface area contributed by atoms with E-state index in [1.54, 1.807) is 48.5 Å². The fourth-order valence-electron chi connectivity index (χ4n) is 3.54. The zero-order valence-corrected chi connectivity index (χ0v) is 23.0. The van der Waals surface area contributed by atoms with Crippen LogP contribution in [-0.2, 0) is 28.0 Å². The van der Waals surface area contributed by atoms with Crippen molar-refractivity contribution in [3.05, 3.63) is 130 Å².